The number of fused-ring (bicyclic) bond motifs is 3. The van der Waals surface area contributed by atoms with Gasteiger partial charge in [0.2, 0.25) is 5.88 Å². The summed E-state index contributed by atoms with van der Waals surface area (Å²) in [5.41, 5.74) is 8.30. The first kappa shape index (κ1) is 23.5. The van der Waals surface area contributed by atoms with E-state index in [1.165, 1.54) is 17.5 Å². The van der Waals surface area contributed by atoms with Gasteiger partial charge in [0, 0.05) is 17.3 Å². The fourth-order valence-corrected chi connectivity index (χ4v) is 7.68. The van der Waals surface area contributed by atoms with Crippen molar-refractivity contribution in [1.82, 2.24) is 4.98 Å². The molecule has 0 bridgehead atoms. The number of ether oxygens (including phenoxy) is 2. The maximum Gasteiger partial charge on any atom is 0.214 e. The van der Waals surface area contributed by atoms with Crippen molar-refractivity contribution in [2.24, 2.45) is 11.8 Å². The molecule has 1 saturated carbocycles. The molecule has 0 spiro atoms. The number of hydrogen-bond donors (Lipinski definition) is 0. The highest BCUT2D eigenvalue weighted by Crippen LogP contribution is 2.61. The molecular formula is C30H33NO4S. The van der Waals surface area contributed by atoms with Crippen LogP contribution in [0.5, 0.6) is 11.6 Å². The summed E-state index contributed by atoms with van der Waals surface area (Å²) in [6.45, 7) is 6.95. The standard InChI is InChI=1S/C30H33NO4S/c1-18-13-28(35-24-9-11-36(32,33)12-10-24)31-20(3)29(18)22-6-4-5-21(14-22)17-34-25-7-8-26-23(15-25)16-27-19(2)30(26)27/h4-8,13-15,19,24,27,30H,9-12,16-17H2,1-3H3/t19-,27-,30-/m0/s1. The normalized spacial score (nSPS) is 24.1. The topological polar surface area (TPSA) is 65.5 Å². The fourth-order valence-electron chi connectivity index (χ4n) is 6.23. The minimum absolute atomic E-state index is 0.0976. The molecule has 188 valence electrons. The number of sulfone groups is 1. The molecule has 5 nitrogen and oxygen atoms in total. The van der Waals surface area contributed by atoms with E-state index in [1.54, 1.807) is 0 Å². The van der Waals surface area contributed by atoms with Crippen molar-refractivity contribution in [3.05, 3.63) is 76.5 Å². The third-order valence-corrected chi connectivity index (χ3v) is 9.99. The van der Waals surface area contributed by atoms with Crippen LogP contribution in [0.2, 0.25) is 0 Å². The molecule has 6 rings (SSSR count). The zero-order valence-electron chi connectivity index (χ0n) is 21.2. The second-order valence-corrected chi connectivity index (χ2v) is 13.1. The maximum absolute atomic E-state index is 11.7. The Hall–Kier alpha value is -2.86. The van der Waals surface area contributed by atoms with Gasteiger partial charge in [-0.05, 0) is 96.9 Å². The summed E-state index contributed by atoms with van der Waals surface area (Å²) >= 11 is 0. The zero-order valence-corrected chi connectivity index (χ0v) is 22.0. The summed E-state index contributed by atoms with van der Waals surface area (Å²) in [6.07, 6.45) is 2.14. The third-order valence-electron chi connectivity index (χ3n) is 8.28. The number of nitrogens with zero attached hydrogens (tertiary/aromatic N) is 1. The lowest BCUT2D eigenvalue weighted by Gasteiger charge is -2.23. The minimum atomic E-state index is -2.91. The van der Waals surface area contributed by atoms with Crippen molar-refractivity contribution in [2.75, 3.05) is 11.5 Å². The molecule has 0 N–H and O–H groups in total. The number of aryl methyl sites for hydroxylation is 2. The molecule has 0 radical (unpaired) electrons. The number of pyridine rings is 1. The quantitative estimate of drug-likeness (QED) is 0.425. The molecule has 6 heteroatoms. The first-order valence-corrected chi connectivity index (χ1v) is 14.8. The summed E-state index contributed by atoms with van der Waals surface area (Å²) in [5, 5.41) is 0. The van der Waals surface area contributed by atoms with E-state index in [9.17, 15) is 8.42 Å². The highest BCUT2D eigenvalue weighted by atomic mass is 32.2. The Morgan fingerprint density at radius 1 is 1.03 bits per heavy atom. The molecule has 3 aliphatic rings. The van der Waals surface area contributed by atoms with Crippen LogP contribution in [0.1, 0.15) is 53.6 Å². The first-order valence-electron chi connectivity index (χ1n) is 13.0. The lowest BCUT2D eigenvalue weighted by molar-refractivity contribution is 0.181. The SMILES string of the molecule is Cc1cc(OC2CCS(=O)(=O)CC2)nc(C)c1-c1cccc(COc2ccc3c(c2)C[C@H]2[C@H](C)[C@@H]32)c1. The van der Waals surface area contributed by atoms with E-state index in [0.29, 0.717) is 25.3 Å². The molecule has 1 saturated heterocycles. The number of rotatable bonds is 6. The van der Waals surface area contributed by atoms with Crippen LogP contribution in [0.15, 0.2) is 48.5 Å². The average Bonchev–Trinajstić information content (AvgIpc) is 3.29. The van der Waals surface area contributed by atoms with Gasteiger partial charge >= 0.3 is 0 Å². The first-order chi connectivity index (χ1) is 17.3. The lowest BCUT2D eigenvalue weighted by Crippen LogP contribution is -2.31. The predicted octanol–water partition coefficient (Wildman–Crippen LogP) is 5.81. The largest absolute Gasteiger partial charge is 0.489 e. The minimum Gasteiger partial charge on any atom is -0.489 e. The van der Waals surface area contributed by atoms with Crippen molar-refractivity contribution in [2.45, 2.75) is 58.7 Å². The maximum atomic E-state index is 11.7. The van der Waals surface area contributed by atoms with E-state index in [-0.39, 0.29) is 17.6 Å². The van der Waals surface area contributed by atoms with Gasteiger partial charge in [0.15, 0.2) is 9.84 Å². The molecule has 2 aliphatic carbocycles. The summed E-state index contributed by atoms with van der Waals surface area (Å²) in [4.78, 5) is 4.71. The molecule has 1 aromatic heterocycles. The Balaban J connectivity index is 1.14. The van der Waals surface area contributed by atoms with Crippen molar-refractivity contribution in [3.8, 4) is 22.8 Å². The van der Waals surface area contributed by atoms with Gasteiger partial charge in [0.05, 0.1) is 11.5 Å². The Labute approximate surface area is 213 Å². The molecule has 2 heterocycles. The second kappa shape index (κ2) is 8.91. The Morgan fingerprint density at radius 2 is 1.83 bits per heavy atom. The van der Waals surface area contributed by atoms with Crippen LogP contribution in [-0.4, -0.2) is 31.0 Å². The monoisotopic (exact) mass is 503 g/mol. The van der Waals surface area contributed by atoms with Crippen molar-refractivity contribution in [1.29, 1.82) is 0 Å². The molecule has 2 fully saturated rings. The van der Waals surface area contributed by atoms with Gasteiger partial charge in [-0.2, -0.15) is 0 Å². The molecule has 3 aromatic rings. The van der Waals surface area contributed by atoms with Gasteiger partial charge < -0.3 is 9.47 Å². The van der Waals surface area contributed by atoms with E-state index >= 15 is 0 Å². The highest BCUT2D eigenvalue weighted by Gasteiger charge is 2.52. The summed E-state index contributed by atoms with van der Waals surface area (Å²) in [5.74, 6) is 4.37. The molecule has 0 unspecified atom stereocenters. The fraction of sp³-hybridized carbons (Fsp3) is 0.433. The van der Waals surface area contributed by atoms with Crippen molar-refractivity contribution >= 4 is 9.84 Å². The molecular weight excluding hydrogens is 470 g/mol. The van der Waals surface area contributed by atoms with Crippen LogP contribution >= 0.6 is 0 Å². The van der Waals surface area contributed by atoms with Crippen LogP contribution < -0.4 is 9.47 Å². The van der Waals surface area contributed by atoms with E-state index in [1.807, 2.05) is 13.0 Å². The van der Waals surface area contributed by atoms with Gasteiger partial charge in [0.1, 0.15) is 18.5 Å². The predicted molar refractivity (Wildman–Crippen MR) is 141 cm³/mol. The van der Waals surface area contributed by atoms with Crippen LogP contribution in [-0.2, 0) is 22.9 Å². The van der Waals surface area contributed by atoms with E-state index in [0.717, 1.165) is 51.5 Å². The number of benzene rings is 2. The lowest BCUT2D eigenvalue weighted by atomic mass is 9.98. The number of aromatic nitrogens is 1. The van der Waals surface area contributed by atoms with Gasteiger partial charge in [-0.1, -0.05) is 31.2 Å². The van der Waals surface area contributed by atoms with Gasteiger partial charge in [-0.15, -0.1) is 0 Å². The Bertz CT molecular complexity index is 1390. The van der Waals surface area contributed by atoms with Gasteiger partial charge in [-0.25, -0.2) is 13.4 Å². The van der Waals surface area contributed by atoms with Crippen LogP contribution in [0.4, 0.5) is 0 Å². The molecule has 2 aromatic carbocycles. The second-order valence-electron chi connectivity index (χ2n) is 10.8. The van der Waals surface area contributed by atoms with Crippen molar-refractivity contribution in [3.63, 3.8) is 0 Å². The summed E-state index contributed by atoms with van der Waals surface area (Å²) in [6, 6.07) is 17.0. The van der Waals surface area contributed by atoms with Crippen LogP contribution in [0, 0.1) is 25.7 Å². The molecule has 3 atom stereocenters. The molecule has 0 amide bonds. The van der Waals surface area contributed by atoms with Crippen LogP contribution in [0.3, 0.4) is 0 Å². The third kappa shape index (κ3) is 4.52. The Morgan fingerprint density at radius 3 is 2.61 bits per heavy atom. The average molecular weight is 504 g/mol. The smallest absolute Gasteiger partial charge is 0.214 e. The van der Waals surface area contributed by atoms with Gasteiger partial charge in [0.25, 0.3) is 0 Å². The summed E-state index contributed by atoms with van der Waals surface area (Å²) in [7, 11) is -2.91. The van der Waals surface area contributed by atoms with E-state index in [2.05, 4.69) is 56.3 Å². The van der Waals surface area contributed by atoms with E-state index < -0.39 is 9.84 Å². The van der Waals surface area contributed by atoms with Gasteiger partial charge in [-0.3, -0.25) is 0 Å². The molecule has 36 heavy (non-hydrogen) atoms. The summed E-state index contributed by atoms with van der Waals surface area (Å²) < 4.78 is 35.7. The van der Waals surface area contributed by atoms with Crippen molar-refractivity contribution < 1.29 is 17.9 Å². The zero-order chi connectivity index (χ0) is 25.0. The van der Waals surface area contributed by atoms with E-state index in [4.69, 9.17) is 14.5 Å². The Kier molecular flexibility index (Phi) is 5.83. The molecule has 1 aliphatic heterocycles. The number of hydrogen-bond acceptors (Lipinski definition) is 5. The highest BCUT2D eigenvalue weighted by molar-refractivity contribution is 7.91. The van der Waals surface area contributed by atoms with Crippen LogP contribution in [0.25, 0.3) is 11.1 Å².